The zero-order chi connectivity index (χ0) is 13.7. The van der Waals surface area contributed by atoms with Crippen LogP contribution in [0.1, 0.15) is 18.9 Å². The molecule has 0 aromatic heterocycles. The molecule has 0 spiro atoms. The quantitative estimate of drug-likeness (QED) is 0.851. The van der Waals surface area contributed by atoms with Gasteiger partial charge in [0, 0.05) is 11.7 Å². The van der Waals surface area contributed by atoms with E-state index in [4.69, 9.17) is 0 Å². The van der Waals surface area contributed by atoms with Gasteiger partial charge in [0.25, 0.3) is 0 Å². The summed E-state index contributed by atoms with van der Waals surface area (Å²) in [5, 5.41) is 12.5. The summed E-state index contributed by atoms with van der Waals surface area (Å²) in [6, 6.07) is 14.0. The van der Waals surface area contributed by atoms with Gasteiger partial charge in [-0.1, -0.05) is 12.1 Å². The van der Waals surface area contributed by atoms with Gasteiger partial charge in [-0.3, -0.25) is 0 Å². The lowest BCUT2D eigenvalue weighted by Gasteiger charge is -2.15. The van der Waals surface area contributed by atoms with Crippen molar-refractivity contribution in [2.75, 3.05) is 5.32 Å². The smallest absolute Gasteiger partial charge is 0.123 e. The van der Waals surface area contributed by atoms with Crippen molar-refractivity contribution < 1.29 is 9.50 Å². The molecular weight excluding hydrogens is 241 g/mol. The topological polar surface area (TPSA) is 32.3 Å². The fourth-order valence-electron chi connectivity index (χ4n) is 1.95. The molecular formula is C16H18FNO. The number of halogens is 1. The van der Waals surface area contributed by atoms with Crippen LogP contribution in [0.25, 0.3) is 0 Å². The first-order chi connectivity index (χ1) is 9.13. The molecule has 0 bridgehead atoms. The summed E-state index contributed by atoms with van der Waals surface area (Å²) in [6.45, 7) is 2.10. The molecule has 2 N–H and O–H groups in total. The molecule has 19 heavy (non-hydrogen) atoms. The zero-order valence-electron chi connectivity index (χ0n) is 10.9. The lowest BCUT2D eigenvalue weighted by Crippen LogP contribution is -2.15. The fraction of sp³-hybridized carbons (Fsp3) is 0.250. The van der Waals surface area contributed by atoms with Crippen LogP contribution in [0, 0.1) is 5.82 Å². The molecule has 2 nitrogen and oxygen atoms in total. The Morgan fingerprint density at radius 1 is 1.05 bits per heavy atom. The molecule has 0 amide bonds. The summed E-state index contributed by atoms with van der Waals surface area (Å²) < 4.78 is 12.8. The highest BCUT2D eigenvalue weighted by Crippen LogP contribution is 2.14. The Morgan fingerprint density at radius 3 is 2.32 bits per heavy atom. The highest BCUT2D eigenvalue weighted by Gasteiger charge is 2.03. The van der Waals surface area contributed by atoms with E-state index in [1.54, 1.807) is 24.3 Å². The van der Waals surface area contributed by atoms with E-state index in [1.165, 1.54) is 17.7 Å². The van der Waals surface area contributed by atoms with Gasteiger partial charge in [0.2, 0.25) is 0 Å². The van der Waals surface area contributed by atoms with Crippen LogP contribution < -0.4 is 5.32 Å². The standard InChI is InChI=1S/C16H18FNO/c1-12(18-15-8-6-14(17)7-9-15)2-3-13-4-10-16(19)11-5-13/h4-12,18-19H,2-3H2,1H3. The molecule has 0 fully saturated rings. The summed E-state index contributed by atoms with van der Waals surface area (Å²) in [5.41, 5.74) is 2.13. The maximum absolute atomic E-state index is 12.8. The van der Waals surface area contributed by atoms with Crippen LogP contribution in [0.15, 0.2) is 48.5 Å². The van der Waals surface area contributed by atoms with E-state index in [1.807, 2.05) is 12.1 Å². The normalized spacial score (nSPS) is 12.1. The second-order valence-corrected chi connectivity index (χ2v) is 4.76. The zero-order valence-corrected chi connectivity index (χ0v) is 10.9. The summed E-state index contributed by atoms with van der Waals surface area (Å²) in [5.74, 6) is 0.0727. The molecule has 100 valence electrons. The number of aryl methyl sites for hydroxylation is 1. The van der Waals surface area contributed by atoms with E-state index in [9.17, 15) is 9.50 Å². The van der Waals surface area contributed by atoms with Gasteiger partial charge in [-0.2, -0.15) is 0 Å². The number of phenolic OH excluding ortho intramolecular Hbond substituents is 1. The maximum Gasteiger partial charge on any atom is 0.123 e. The van der Waals surface area contributed by atoms with Crippen molar-refractivity contribution in [2.45, 2.75) is 25.8 Å². The second kappa shape index (κ2) is 6.23. The maximum atomic E-state index is 12.8. The van der Waals surface area contributed by atoms with Crippen LogP contribution in [0.3, 0.4) is 0 Å². The predicted molar refractivity (Wildman–Crippen MR) is 75.9 cm³/mol. The van der Waals surface area contributed by atoms with Gasteiger partial charge in [-0.15, -0.1) is 0 Å². The lowest BCUT2D eigenvalue weighted by molar-refractivity contribution is 0.475. The molecule has 2 aromatic rings. The third-order valence-electron chi connectivity index (χ3n) is 3.06. The number of hydrogen-bond acceptors (Lipinski definition) is 2. The second-order valence-electron chi connectivity index (χ2n) is 4.76. The Bertz CT molecular complexity index is 507. The number of benzene rings is 2. The first kappa shape index (κ1) is 13.4. The Hall–Kier alpha value is -2.03. The monoisotopic (exact) mass is 259 g/mol. The SMILES string of the molecule is CC(CCc1ccc(O)cc1)Nc1ccc(F)cc1. The van der Waals surface area contributed by atoms with Crippen molar-refractivity contribution in [1.29, 1.82) is 0 Å². The summed E-state index contributed by atoms with van der Waals surface area (Å²) >= 11 is 0. The highest BCUT2D eigenvalue weighted by atomic mass is 19.1. The fourth-order valence-corrected chi connectivity index (χ4v) is 1.95. The van der Waals surface area contributed by atoms with E-state index >= 15 is 0 Å². The molecule has 0 aliphatic heterocycles. The number of rotatable bonds is 5. The molecule has 2 aromatic carbocycles. The third kappa shape index (κ3) is 4.28. The number of anilines is 1. The van der Waals surface area contributed by atoms with Crippen molar-refractivity contribution in [3.8, 4) is 5.75 Å². The lowest BCUT2D eigenvalue weighted by atomic mass is 10.1. The first-order valence-corrected chi connectivity index (χ1v) is 6.43. The largest absolute Gasteiger partial charge is 0.508 e. The Morgan fingerprint density at radius 2 is 1.68 bits per heavy atom. The minimum atomic E-state index is -0.220. The molecule has 2 rings (SSSR count). The molecule has 3 heteroatoms. The van der Waals surface area contributed by atoms with Crippen LogP contribution in [-0.2, 0) is 6.42 Å². The van der Waals surface area contributed by atoms with Crippen LogP contribution in [0.5, 0.6) is 5.75 Å². The van der Waals surface area contributed by atoms with Gasteiger partial charge >= 0.3 is 0 Å². The third-order valence-corrected chi connectivity index (χ3v) is 3.06. The number of hydrogen-bond donors (Lipinski definition) is 2. The molecule has 0 radical (unpaired) electrons. The average Bonchev–Trinajstić information content (AvgIpc) is 2.41. The van der Waals surface area contributed by atoms with Crippen molar-refractivity contribution in [3.05, 3.63) is 59.9 Å². The predicted octanol–water partition coefficient (Wildman–Crippen LogP) is 3.96. The Kier molecular flexibility index (Phi) is 4.39. The van der Waals surface area contributed by atoms with Crippen LogP contribution in [0.2, 0.25) is 0 Å². The molecule has 0 saturated heterocycles. The molecule has 0 saturated carbocycles. The number of nitrogens with one attached hydrogen (secondary N) is 1. The molecule has 1 unspecified atom stereocenters. The molecule has 0 heterocycles. The average molecular weight is 259 g/mol. The van der Waals surface area contributed by atoms with E-state index < -0.39 is 0 Å². The van der Waals surface area contributed by atoms with Crippen molar-refractivity contribution in [2.24, 2.45) is 0 Å². The molecule has 0 aliphatic rings. The van der Waals surface area contributed by atoms with Crippen LogP contribution in [0.4, 0.5) is 10.1 Å². The van der Waals surface area contributed by atoms with Crippen molar-refractivity contribution in [3.63, 3.8) is 0 Å². The van der Waals surface area contributed by atoms with Gasteiger partial charge in [-0.25, -0.2) is 4.39 Å². The van der Waals surface area contributed by atoms with Gasteiger partial charge in [-0.05, 0) is 61.7 Å². The summed E-state index contributed by atoms with van der Waals surface area (Å²) in [4.78, 5) is 0. The molecule has 1 atom stereocenters. The van der Waals surface area contributed by atoms with Gasteiger partial charge in [0.1, 0.15) is 11.6 Å². The van der Waals surface area contributed by atoms with E-state index in [0.29, 0.717) is 11.8 Å². The first-order valence-electron chi connectivity index (χ1n) is 6.43. The Balaban J connectivity index is 1.82. The van der Waals surface area contributed by atoms with E-state index in [2.05, 4.69) is 12.2 Å². The summed E-state index contributed by atoms with van der Waals surface area (Å²) in [7, 11) is 0. The van der Waals surface area contributed by atoms with Crippen LogP contribution >= 0.6 is 0 Å². The molecule has 0 aliphatic carbocycles. The van der Waals surface area contributed by atoms with Crippen LogP contribution in [-0.4, -0.2) is 11.1 Å². The summed E-state index contributed by atoms with van der Waals surface area (Å²) in [6.07, 6.45) is 1.91. The minimum absolute atomic E-state index is 0.220. The van der Waals surface area contributed by atoms with E-state index in [-0.39, 0.29) is 5.82 Å². The van der Waals surface area contributed by atoms with Crippen molar-refractivity contribution in [1.82, 2.24) is 0 Å². The van der Waals surface area contributed by atoms with Gasteiger partial charge in [0.15, 0.2) is 0 Å². The van der Waals surface area contributed by atoms with Gasteiger partial charge < -0.3 is 10.4 Å². The number of aromatic hydroxyl groups is 1. The van der Waals surface area contributed by atoms with E-state index in [0.717, 1.165) is 18.5 Å². The highest BCUT2D eigenvalue weighted by molar-refractivity contribution is 5.43. The van der Waals surface area contributed by atoms with Gasteiger partial charge in [0.05, 0.1) is 0 Å². The minimum Gasteiger partial charge on any atom is -0.508 e. The van der Waals surface area contributed by atoms with Crippen molar-refractivity contribution >= 4 is 5.69 Å². The Labute approximate surface area is 112 Å². The number of phenols is 1.